The SMILES string of the molecule is CC(C)[C@@H]1N[C@H]1C1CCC1. The van der Waals surface area contributed by atoms with Gasteiger partial charge in [-0.25, -0.2) is 0 Å². The van der Waals surface area contributed by atoms with Crippen LogP contribution in [0.3, 0.4) is 0 Å². The molecule has 0 bridgehead atoms. The van der Waals surface area contributed by atoms with Gasteiger partial charge >= 0.3 is 0 Å². The van der Waals surface area contributed by atoms with E-state index >= 15 is 0 Å². The van der Waals surface area contributed by atoms with Crippen molar-refractivity contribution in [1.82, 2.24) is 5.32 Å². The van der Waals surface area contributed by atoms with Gasteiger partial charge in [-0.15, -0.1) is 0 Å². The lowest BCUT2D eigenvalue weighted by Gasteiger charge is -2.24. The van der Waals surface area contributed by atoms with Crippen LogP contribution in [0.2, 0.25) is 0 Å². The summed E-state index contributed by atoms with van der Waals surface area (Å²) in [6.45, 7) is 4.63. The molecule has 1 N–H and O–H groups in total. The molecule has 1 heteroatoms. The van der Waals surface area contributed by atoms with E-state index in [1.54, 1.807) is 0 Å². The molecule has 1 aliphatic heterocycles. The van der Waals surface area contributed by atoms with Crippen LogP contribution in [-0.4, -0.2) is 12.1 Å². The Hall–Kier alpha value is -0.0400. The highest BCUT2D eigenvalue weighted by atomic mass is 15.2. The van der Waals surface area contributed by atoms with Gasteiger partial charge in [0.25, 0.3) is 0 Å². The molecule has 1 saturated heterocycles. The standard InChI is InChI=1S/C9H17N/c1-6(2)8-9(10-8)7-4-3-5-7/h6-10H,3-5H2,1-2H3/t8-,9-/m0/s1. The van der Waals surface area contributed by atoms with Crippen LogP contribution in [0.4, 0.5) is 0 Å². The van der Waals surface area contributed by atoms with Crippen molar-refractivity contribution in [2.75, 3.05) is 0 Å². The molecule has 1 saturated carbocycles. The molecule has 1 heterocycles. The lowest BCUT2D eigenvalue weighted by Crippen LogP contribution is -2.20. The van der Waals surface area contributed by atoms with Crippen LogP contribution in [-0.2, 0) is 0 Å². The van der Waals surface area contributed by atoms with Crippen LogP contribution in [0.15, 0.2) is 0 Å². The lowest BCUT2D eigenvalue weighted by atomic mass is 9.80. The molecule has 2 aliphatic rings. The molecule has 1 aliphatic carbocycles. The summed E-state index contributed by atoms with van der Waals surface area (Å²) in [6.07, 6.45) is 4.45. The van der Waals surface area contributed by atoms with Crippen molar-refractivity contribution in [2.24, 2.45) is 11.8 Å². The van der Waals surface area contributed by atoms with E-state index in [0.29, 0.717) is 0 Å². The Morgan fingerprint density at radius 3 is 2.30 bits per heavy atom. The first-order valence-corrected chi connectivity index (χ1v) is 4.55. The van der Waals surface area contributed by atoms with Crippen molar-refractivity contribution in [2.45, 2.75) is 45.2 Å². The van der Waals surface area contributed by atoms with E-state index < -0.39 is 0 Å². The maximum absolute atomic E-state index is 3.57. The molecule has 0 radical (unpaired) electrons. The first kappa shape index (κ1) is 6.66. The van der Waals surface area contributed by atoms with Gasteiger partial charge in [-0.1, -0.05) is 20.3 Å². The van der Waals surface area contributed by atoms with Gasteiger partial charge in [0.2, 0.25) is 0 Å². The van der Waals surface area contributed by atoms with Gasteiger partial charge in [0.15, 0.2) is 0 Å². The minimum absolute atomic E-state index is 0.852. The zero-order chi connectivity index (χ0) is 7.14. The largest absolute Gasteiger partial charge is 0.308 e. The van der Waals surface area contributed by atoms with Crippen LogP contribution < -0.4 is 5.32 Å². The Morgan fingerprint density at radius 2 is 2.00 bits per heavy atom. The van der Waals surface area contributed by atoms with Crippen LogP contribution in [0.1, 0.15) is 33.1 Å². The van der Waals surface area contributed by atoms with Gasteiger partial charge in [0, 0.05) is 12.1 Å². The lowest BCUT2D eigenvalue weighted by molar-refractivity contribution is 0.301. The second-order valence-electron chi connectivity index (χ2n) is 4.15. The Kier molecular flexibility index (Phi) is 1.48. The highest BCUT2D eigenvalue weighted by Gasteiger charge is 2.45. The highest BCUT2D eigenvalue weighted by Crippen LogP contribution is 2.38. The van der Waals surface area contributed by atoms with Gasteiger partial charge in [-0.05, 0) is 24.7 Å². The summed E-state index contributed by atoms with van der Waals surface area (Å²) in [7, 11) is 0. The van der Waals surface area contributed by atoms with E-state index in [4.69, 9.17) is 0 Å². The third-order valence-electron chi connectivity index (χ3n) is 3.04. The molecule has 10 heavy (non-hydrogen) atoms. The minimum Gasteiger partial charge on any atom is -0.308 e. The average molecular weight is 139 g/mol. The summed E-state index contributed by atoms with van der Waals surface area (Å²) >= 11 is 0. The fraction of sp³-hybridized carbons (Fsp3) is 1.00. The average Bonchev–Trinajstić information content (AvgIpc) is 2.40. The molecular weight excluding hydrogens is 122 g/mol. The van der Waals surface area contributed by atoms with Gasteiger partial charge in [0.1, 0.15) is 0 Å². The number of rotatable bonds is 2. The second-order valence-corrected chi connectivity index (χ2v) is 4.15. The molecule has 0 amide bonds. The minimum atomic E-state index is 0.852. The van der Waals surface area contributed by atoms with E-state index in [2.05, 4.69) is 19.2 Å². The molecule has 0 aromatic heterocycles. The number of hydrogen-bond acceptors (Lipinski definition) is 1. The predicted octanol–water partition coefficient (Wildman–Crippen LogP) is 1.78. The quantitative estimate of drug-likeness (QED) is 0.579. The second kappa shape index (κ2) is 2.23. The normalized spacial score (nSPS) is 39.9. The summed E-state index contributed by atoms with van der Waals surface area (Å²) in [5, 5.41) is 3.57. The molecule has 1 nitrogen and oxygen atoms in total. The van der Waals surface area contributed by atoms with E-state index in [9.17, 15) is 0 Å². The molecule has 0 aromatic rings. The fourth-order valence-electron chi connectivity index (χ4n) is 2.00. The van der Waals surface area contributed by atoms with E-state index in [1.807, 2.05) is 0 Å². The smallest absolute Gasteiger partial charge is 0.0255 e. The molecule has 0 spiro atoms. The molecular formula is C9H17N. The number of hydrogen-bond donors (Lipinski definition) is 1. The van der Waals surface area contributed by atoms with Crippen molar-refractivity contribution in [3.8, 4) is 0 Å². The monoisotopic (exact) mass is 139 g/mol. The van der Waals surface area contributed by atoms with Gasteiger partial charge < -0.3 is 5.32 Å². The highest BCUT2D eigenvalue weighted by molar-refractivity contribution is 5.05. The van der Waals surface area contributed by atoms with E-state index in [-0.39, 0.29) is 0 Å². The molecule has 0 unspecified atom stereocenters. The Morgan fingerprint density at radius 1 is 1.30 bits per heavy atom. The molecule has 2 atom stereocenters. The van der Waals surface area contributed by atoms with Crippen LogP contribution >= 0.6 is 0 Å². The summed E-state index contributed by atoms with van der Waals surface area (Å²) in [4.78, 5) is 0. The summed E-state index contributed by atoms with van der Waals surface area (Å²) in [6, 6.07) is 1.78. The Labute approximate surface area is 63.2 Å². The summed E-state index contributed by atoms with van der Waals surface area (Å²) in [5.74, 6) is 1.90. The van der Waals surface area contributed by atoms with Crippen LogP contribution in [0, 0.1) is 11.8 Å². The molecule has 2 rings (SSSR count). The van der Waals surface area contributed by atoms with Crippen molar-refractivity contribution < 1.29 is 0 Å². The zero-order valence-electron chi connectivity index (χ0n) is 6.93. The van der Waals surface area contributed by atoms with Crippen LogP contribution in [0.5, 0.6) is 0 Å². The summed E-state index contributed by atoms with van der Waals surface area (Å²) in [5.41, 5.74) is 0. The van der Waals surface area contributed by atoms with Gasteiger partial charge in [-0.3, -0.25) is 0 Å². The Balaban J connectivity index is 1.78. The van der Waals surface area contributed by atoms with E-state index in [0.717, 1.165) is 23.9 Å². The molecule has 58 valence electrons. The Bertz CT molecular complexity index is 127. The maximum Gasteiger partial charge on any atom is 0.0255 e. The zero-order valence-corrected chi connectivity index (χ0v) is 6.93. The van der Waals surface area contributed by atoms with Crippen molar-refractivity contribution >= 4 is 0 Å². The third-order valence-corrected chi connectivity index (χ3v) is 3.04. The van der Waals surface area contributed by atoms with Crippen molar-refractivity contribution in [3.05, 3.63) is 0 Å². The van der Waals surface area contributed by atoms with Crippen molar-refractivity contribution in [3.63, 3.8) is 0 Å². The summed E-state index contributed by atoms with van der Waals surface area (Å²) < 4.78 is 0. The number of nitrogens with one attached hydrogen (secondary N) is 1. The molecule has 0 aromatic carbocycles. The predicted molar refractivity (Wildman–Crippen MR) is 42.9 cm³/mol. The van der Waals surface area contributed by atoms with Gasteiger partial charge in [-0.2, -0.15) is 0 Å². The first-order valence-electron chi connectivity index (χ1n) is 4.55. The van der Waals surface area contributed by atoms with E-state index in [1.165, 1.54) is 19.3 Å². The molecule has 2 fully saturated rings. The van der Waals surface area contributed by atoms with Crippen molar-refractivity contribution in [1.29, 1.82) is 0 Å². The maximum atomic E-state index is 3.57. The van der Waals surface area contributed by atoms with Gasteiger partial charge in [0.05, 0.1) is 0 Å². The fourth-order valence-corrected chi connectivity index (χ4v) is 2.00. The first-order chi connectivity index (χ1) is 4.79. The third kappa shape index (κ3) is 0.968. The topological polar surface area (TPSA) is 21.9 Å². The van der Waals surface area contributed by atoms with Crippen LogP contribution in [0.25, 0.3) is 0 Å².